The van der Waals surface area contributed by atoms with E-state index in [9.17, 15) is 9.90 Å². The second-order valence-corrected chi connectivity index (χ2v) is 14.9. The van der Waals surface area contributed by atoms with Gasteiger partial charge in [0, 0.05) is 0 Å². The van der Waals surface area contributed by atoms with Crippen molar-refractivity contribution < 1.29 is 19.1 Å². The highest BCUT2D eigenvalue weighted by Crippen LogP contribution is 2.37. The van der Waals surface area contributed by atoms with Gasteiger partial charge < -0.3 is 14.3 Å². The second kappa shape index (κ2) is 9.38. The maximum Gasteiger partial charge on any atom is 0.412 e. The molecule has 0 aliphatic carbocycles. The number of hydrogen-bond donors (Lipinski definition) is 1. The van der Waals surface area contributed by atoms with Crippen molar-refractivity contribution in [3.63, 3.8) is 0 Å². The Labute approximate surface area is 193 Å². The molecular formula is C26H37NO4Si. The predicted molar refractivity (Wildman–Crippen MR) is 131 cm³/mol. The number of aliphatic hydroxyl groups excluding tert-OH is 1. The number of rotatable bonds is 5. The highest BCUT2D eigenvalue weighted by Gasteiger charge is 2.51. The van der Waals surface area contributed by atoms with Crippen LogP contribution in [0.1, 0.15) is 54.4 Å². The van der Waals surface area contributed by atoms with Crippen molar-refractivity contribution in [2.75, 3.05) is 6.61 Å². The molecular weight excluding hydrogens is 418 g/mol. The first-order valence-corrected chi connectivity index (χ1v) is 13.3. The molecule has 2 aromatic carbocycles. The van der Waals surface area contributed by atoms with Crippen LogP contribution in [0.4, 0.5) is 4.79 Å². The SMILES string of the molecule is CC(C)(C)OC(=O)N1C(O)CCC1CO[Si](c1ccccc1)(c1ccccc1)C(C)(C)C. The van der Waals surface area contributed by atoms with E-state index in [4.69, 9.17) is 9.16 Å². The monoisotopic (exact) mass is 455 g/mol. The summed E-state index contributed by atoms with van der Waals surface area (Å²) in [6.45, 7) is 12.5. The normalized spacial score (nSPS) is 19.8. The van der Waals surface area contributed by atoms with Gasteiger partial charge in [-0.1, -0.05) is 81.4 Å². The molecule has 0 spiro atoms. The van der Waals surface area contributed by atoms with Crippen LogP contribution in [0.3, 0.4) is 0 Å². The van der Waals surface area contributed by atoms with Crippen molar-refractivity contribution in [3.8, 4) is 0 Å². The van der Waals surface area contributed by atoms with E-state index in [1.54, 1.807) is 0 Å². The van der Waals surface area contributed by atoms with Crippen LogP contribution < -0.4 is 10.4 Å². The lowest BCUT2D eigenvalue weighted by Crippen LogP contribution is -2.67. The molecule has 0 aromatic heterocycles. The third-order valence-corrected chi connectivity index (χ3v) is 11.0. The van der Waals surface area contributed by atoms with Gasteiger partial charge in [0.15, 0.2) is 0 Å². The Morgan fingerprint density at radius 2 is 1.44 bits per heavy atom. The summed E-state index contributed by atoms with van der Waals surface area (Å²) >= 11 is 0. The molecule has 1 N–H and O–H groups in total. The number of ether oxygens (including phenoxy) is 1. The third-order valence-electron chi connectivity index (χ3n) is 5.99. The number of benzene rings is 2. The Hall–Kier alpha value is -2.15. The van der Waals surface area contributed by atoms with Gasteiger partial charge in [-0.2, -0.15) is 0 Å². The summed E-state index contributed by atoms with van der Waals surface area (Å²) < 4.78 is 12.6. The van der Waals surface area contributed by atoms with Gasteiger partial charge >= 0.3 is 6.09 Å². The number of carbonyl (C=O) groups excluding carboxylic acids is 1. The molecule has 32 heavy (non-hydrogen) atoms. The lowest BCUT2D eigenvalue weighted by Gasteiger charge is -2.44. The van der Waals surface area contributed by atoms with Crippen molar-refractivity contribution in [2.45, 2.75) is 77.3 Å². The standard InChI is InChI=1S/C26H37NO4Si/c1-25(2,3)31-24(29)27-20(17-18-23(27)28)19-30-32(26(4,5)6,21-13-9-7-10-14-21)22-15-11-8-12-16-22/h7-16,20,23,28H,17-19H2,1-6H3. The van der Waals surface area contributed by atoms with Crippen LogP contribution in [0.2, 0.25) is 5.04 Å². The van der Waals surface area contributed by atoms with Gasteiger partial charge in [0.25, 0.3) is 8.32 Å². The van der Waals surface area contributed by atoms with Gasteiger partial charge in [-0.3, -0.25) is 4.90 Å². The van der Waals surface area contributed by atoms with E-state index in [1.165, 1.54) is 15.3 Å². The maximum absolute atomic E-state index is 12.8. The van der Waals surface area contributed by atoms with E-state index in [-0.39, 0.29) is 11.1 Å². The number of carbonyl (C=O) groups is 1. The fourth-order valence-corrected chi connectivity index (χ4v) is 9.19. The van der Waals surface area contributed by atoms with Gasteiger partial charge in [-0.05, 0) is 49.0 Å². The highest BCUT2D eigenvalue weighted by atomic mass is 28.4. The zero-order valence-corrected chi connectivity index (χ0v) is 21.2. The summed E-state index contributed by atoms with van der Waals surface area (Å²) in [5, 5.41) is 12.8. The van der Waals surface area contributed by atoms with Crippen molar-refractivity contribution in [1.82, 2.24) is 4.90 Å². The molecule has 0 bridgehead atoms. The first-order valence-electron chi connectivity index (χ1n) is 11.4. The third kappa shape index (κ3) is 5.08. The molecule has 0 saturated carbocycles. The van der Waals surface area contributed by atoms with Crippen LogP contribution in [0.25, 0.3) is 0 Å². The minimum atomic E-state index is -2.71. The fourth-order valence-electron chi connectivity index (χ4n) is 4.59. The van der Waals surface area contributed by atoms with Gasteiger partial charge in [-0.25, -0.2) is 4.79 Å². The average Bonchev–Trinajstić information content (AvgIpc) is 3.08. The topological polar surface area (TPSA) is 59.0 Å². The van der Waals surface area contributed by atoms with Crippen molar-refractivity contribution in [2.24, 2.45) is 0 Å². The Morgan fingerprint density at radius 3 is 1.88 bits per heavy atom. The van der Waals surface area contributed by atoms with Gasteiger partial charge in [0.1, 0.15) is 11.8 Å². The van der Waals surface area contributed by atoms with E-state index < -0.39 is 26.2 Å². The van der Waals surface area contributed by atoms with E-state index in [2.05, 4.69) is 69.3 Å². The van der Waals surface area contributed by atoms with Crippen molar-refractivity contribution in [1.29, 1.82) is 0 Å². The molecule has 1 aliphatic heterocycles. The molecule has 2 unspecified atom stereocenters. The summed E-state index contributed by atoms with van der Waals surface area (Å²) in [6, 6.07) is 20.6. The molecule has 1 heterocycles. The van der Waals surface area contributed by atoms with Crippen LogP contribution in [0.15, 0.2) is 60.7 Å². The zero-order valence-electron chi connectivity index (χ0n) is 20.2. The molecule has 0 radical (unpaired) electrons. The largest absolute Gasteiger partial charge is 0.444 e. The van der Waals surface area contributed by atoms with Crippen LogP contribution in [0, 0.1) is 0 Å². The summed E-state index contributed by atoms with van der Waals surface area (Å²) in [6.07, 6.45) is -0.136. The number of aliphatic hydroxyl groups is 1. The summed E-state index contributed by atoms with van der Waals surface area (Å²) in [7, 11) is -2.71. The van der Waals surface area contributed by atoms with Crippen molar-refractivity contribution in [3.05, 3.63) is 60.7 Å². The Bertz CT molecular complexity index is 850. The maximum atomic E-state index is 12.8. The van der Waals surface area contributed by atoms with Gasteiger partial charge in [0.05, 0.1) is 12.6 Å². The zero-order chi connectivity index (χ0) is 23.6. The molecule has 1 fully saturated rings. The van der Waals surface area contributed by atoms with Crippen LogP contribution in [-0.4, -0.2) is 48.9 Å². The molecule has 2 aromatic rings. The van der Waals surface area contributed by atoms with Gasteiger partial charge in [0.2, 0.25) is 0 Å². The summed E-state index contributed by atoms with van der Waals surface area (Å²) in [4.78, 5) is 14.3. The number of likely N-dealkylation sites (tertiary alicyclic amines) is 1. The quantitative estimate of drug-likeness (QED) is 0.684. The van der Waals surface area contributed by atoms with E-state index in [1.807, 2.05) is 32.9 Å². The Morgan fingerprint density at radius 1 is 0.938 bits per heavy atom. The lowest BCUT2D eigenvalue weighted by atomic mass is 10.2. The van der Waals surface area contributed by atoms with Crippen LogP contribution in [0.5, 0.6) is 0 Å². The molecule has 174 valence electrons. The average molecular weight is 456 g/mol. The molecule has 2 atom stereocenters. The van der Waals surface area contributed by atoms with Crippen LogP contribution in [-0.2, 0) is 9.16 Å². The van der Waals surface area contributed by atoms with Crippen molar-refractivity contribution >= 4 is 24.8 Å². The van der Waals surface area contributed by atoms with E-state index in [0.717, 1.165) is 0 Å². The predicted octanol–water partition coefficient (Wildman–Crippen LogP) is 4.28. The summed E-state index contributed by atoms with van der Waals surface area (Å²) in [5.74, 6) is 0. The molecule has 1 amide bonds. The first kappa shape index (κ1) is 24.5. The first-order chi connectivity index (χ1) is 15.0. The smallest absolute Gasteiger partial charge is 0.412 e. The molecule has 5 nitrogen and oxygen atoms in total. The van der Waals surface area contributed by atoms with E-state index >= 15 is 0 Å². The van der Waals surface area contributed by atoms with Crippen LogP contribution >= 0.6 is 0 Å². The Balaban J connectivity index is 1.97. The fraction of sp³-hybridized carbons (Fsp3) is 0.500. The minimum absolute atomic E-state index is 0.149. The number of hydrogen-bond acceptors (Lipinski definition) is 4. The number of amides is 1. The Kier molecular flexibility index (Phi) is 7.17. The highest BCUT2D eigenvalue weighted by molar-refractivity contribution is 6.99. The molecule has 3 rings (SSSR count). The molecule has 6 heteroatoms. The molecule has 1 saturated heterocycles. The second-order valence-electron chi connectivity index (χ2n) is 10.6. The molecule has 1 aliphatic rings. The lowest BCUT2D eigenvalue weighted by molar-refractivity contribution is -0.0294. The van der Waals surface area contributed by atoms with Gasteiger partial charge in [-0.15, -0.1) is 0 Å². The number of nitrogens with zero attached hydrogens (tertiary/aromatic N) is 1. The van der Waals surface area contributed by atoms with E-state index in [0.29, 0.717) is 19.4 Å². The summed E-state index contributed by atoms with van der Waals surface area (Å²) in [5.41, 5.74) is -0.622. The minimum Gasteiger partial charge on any atom is -0.444 e.